The van der Waals surface area contributed by atoms with Crippen molar-refractivity contribution in [2.45, 2.75) is 51.7 Å². The van der Waals surface area contributed by atoms with Gasteiger partial charge in [0.2, 0.25) is 0 Å². The second-order valence-corrected chi connectivity index (χ2v) is 7.46. The van der Waals surface area contributed by atoms with Gasteiger partial charge in [-0.1, -0.05) is 48.0 Å². The summed E-state index contributed by atoms with van der Waals surface area (Å²) in [6.45, 7) is 2.40. The molecule has 1 unspecified atom stereocenters. The first-order chi connectivity index (χ1) is 14.6. The number of hydrogen-bond acceptors (Lipinski definition) is 4. The molecule has 0 aliphatic heterocycles. The Morgan fingerprint density at radius 2 is 1.80 bits per heavy atom. The first-order valence-electron chi connectivity index (χ1n) is 10.6. The first kappa shape index (κ1) is 21.6. The Hall–Kier alpha value is -3.08. The summed E-state index contributed by atoms with van der Waals surface area (Å²) in [5.41, 5.74) is 2.52. The van der Waals surface area contributed by atoms with Gasteiger partial charge in [-0.25, -0.2) is 4.79 Å². The second-order valence-electron chi connectivity index (χ2n) is 7.46. The number of benzene rings is 2. The lowest BCUT2D eigenvalue weighted by molar-refractivity contribution is -0.129. The van der Waals surface area contributed by atoms with Gasteiger partial charge in [-0.05, 0) is 57.2 Å². The number of rotatable bonds is 9. The van der Waals surface area contributed by atoms with Crippen LogP contribution in [0.5, 0.6) is 5.75 Å². The maximum atomic E-state index is 12.6. The molecule has 1 aliphatic rings. The molecular weight excluding hydrogens is 378 g/mol. The quantitative estimate of drug-likeness (QED) is 0.478. The SMILES string of the molecule is CC(OC(=O)c1ccccc1COc1ccccc1)C(=O)NCCC1=CCCCC1. The molecule has 0 fully saturated rings. The summed E-state index contributed by atoms with van der Waals surface area (Å²) < 4.78 is 11.2. The zero-order chi connectivity index (χ0) is 21.2. The number of ether oxygens (including phenoxy) is 2. The van der Waals surface area contributed by atoms with Gasteiger partial charge in [0.15, 0.2) is 6.10 Å². The molecule has 1 atom stereocenters. The predicted octanol–water partition coefficient (Wildman–Crippen LogP) is 4.82. The van der Waals surface area contributed by atoms with Crippen LogP contribution in [0.4, 0.5) is 0 Å². The van der Waals surface area contributed by atoms with E-state index in [-0.39, 0.29) is 12.5 Å². The standard InChI is InChI=1S/C25H29NO4/c1-19(24(27)26-17-16-20-10-4-2-5-11-20)30-25(28)23-15-9-8-12-21(23)18-29-22-13-6-3-7-14-22/h3,6-10,12-15,19H,2,4-5,11,16-18H2,1H3,(H,26,27). The van der Waals surface area contributed by atoms with E-state index in [1.54, 1.807) is 19.1 Å². The van der Waals surface area contributed by atoms with Gasteiger partial charge in [0.1, 0.15) is 12.4 Å². The molecule has 1 amide bonds. The number of esters is 1. The van der Waals surface area contributed by atoms with Crippen molar-refractivity contribution in [3.63, 3.8) is 0 Å². The Labute approximate surface area is 178 Å². The van der Waals surface area contributed by atoms with Crippen LogP contribution in [0.1, 0.15) is 54.9 Å². The summed E-state index contributed by atoms with van der Waals surface area (Å²) in [5.74, 6) is -0.0841. The van der Waals surface area contributed by atoms with Crippen molar-refractivity contribution in [1.82, 2.24) is 5.32 Å². The Balaban J connectivity index is 1.50. The molecule has 0 saturated carbocycles. The first-order valence-corrected chi connectivity index (χ1v) is 10.6. The Bertz CT molecular complexity index is 876. The maximum absolute atomic E-state index is 12.6. The predicted molar refractivity (Wildman–Crippen MR) is 116 cm³/mol. The monoisotopic (exact) mass is 407 g/mol. The van der Waals surface area contributed by atoms with E-state index >= 15 is 0 Å². The normalized spacial score (nSPS) is 14.4. The van der Waals surface area contributed by atoms with Gasteiger partial charge in [0, 0.05) is 12.1 Å². The third-order valence-corrected chi connectivity index (χ3v) is 5.16. The molecule has 158 valence electrons. The molecule has 0 heterocycles. The zero-order valence-corrected chi connectivity index (χ0v) is 17.4. The molecule has 0 radical (unpaired) electrons. The minimum Gasteiger partial charge on any atom is -0.489 e. The van der Waals surface area contributed by atoms with Crippen LogP contribution >= 0.6 is 0 Å². The highest BCUT2D eigenvalue weighted by Crippen LogP contribution is 2.19. The summed E-state index contributed by atoms with van der Waals surface area (Å²) in [5, 5.41) is 2.87. The summed E-state index contributed by atoms with van der Waals surface area (Å²) in [6, 6.07) is 16.5. The lowest BCUT2D eigenvalue weighted by atomic mass is 9.97. The molecule has 3 rings (SSSR count). The zero-order valence-electron chi connectivity index (χ0n) is 17.4. The summed E-state index contributed by atoms with van der Waals surface area (Å²) in [4.78, 5) is 25.0. The van der Waals surface area contributed by atoms with Crippen molar-refractivity contribution >= 4 is 11.9 Å². The van der Waals surface area contributed by atoms with Crippen molar-refractivity contribution in [2.24, 2.45) is 0 Å². The molecule has 0 bridgehead atoms. The number of amides is 1. The van der Waals surface area contributed by atoms with Crippen LogP contribution in [-0.4, -0.2) is 24.5 Å². The highest BCUT2D eigenvalue weighted by atomic mass is 16.5. The minimum atomic E-state index is -0.860. The van der Waals surface area contributed by atoms with Crippen LogP contribution in [0.15, 0.2) is 66.2 Å². The number of allylic oxidation sites excluding steroid dienone is 1. The third kappa shape index (κ3) is 6.48. The van der Waals surface area contributed by atoms with Crippen LogP contribution in [0, 0.1) is 0 Å². The van der Waals surface area contributed by atoms with Gasteiger partial charge in [0.05, 0.1) is 5.56 Å². The van der Waals surface area contributed by atoms with Gasteiger partial charge in [-0.2, -0.15) is 0 Å². The Morgan fingerprint density at radius 1 is 1.03 bits per heavy atom. The van der Waals surface area contributed by atoms with E-state index in [0.717, 1.165) is 25.0 Å². The maximum Gasteiger partial charge on any atom is 0.339 e. The number of carbonyl (C=O) groups excluding carboxylic acids is 2. The molecular formula is C25H29NO4. The van der Waals surface area contributed by atoms with Gasteiger partial charge in [-0.15, -0.1) is 0 Å². The fourth-order valence-corrected chi connectivity index (χ4v) is 3.42. The van der Waals surface area contributed by atoms with Gasteiger partial charge < -0.3 is 14.8 Å². The largest absolute Gasteiger partial charge is 0.489 e. The highest BCUT2D eigenvalue weighted by molar-refractivity contribution is 5.93. The van der Waals surface area contributed by atoms with E-state index < -0.39 is 12.1 Å². The summed E-state index contributed by atoms with van der Waals surface area (Å²) >= 11 is 0. The topological polar surface area (TPSA) is 64.6 Å². The van der Waals surface area contributed by atoms with E-state index in [9.17, 15) is 9.59 Å². The number of para-hydroxylation sites is 1. The van der Waals surface area contributed by atoms with E-state index in [4.69, 9.17) is 9.47 Å². The smallest absolute Gasteiger partial charge is 0.339 e. The third-order valence-electron chi connectivity index (χ3n) is 5.16. The van der Waals surface area contributed by atoms with Crippen LogP contribution in [-0.2, 0) is 16.1 Å². The summed E-state index contributed by atoms with van der Waals surface area (Å²) in [7, 11) is 0. The molecule has 0 spiro atoms. The molecule has 1 aliphatic carbocycles. The lowest BCUT2D eigenvalue weighted by Crippen LogP contribution is -2.36. The van der Waals surface area contributed by atoms with Crippen LogP contribution in [0.3, 0.4) is 0 Å². The number of nitrogens with one attached hydrogen (secondary N) is 1. The Morgan fingerprint density at radius 3 is 2.57 bits per heavy atom. The fourth-order valence-electron chi connectivity index (χ4n) is 3.42. The van der Waals surface area contributed by atoms with E-state index in [1.165, 1.54) is 18.4 Å². The fraction of sp³-hybridized carbons (Fsp3) is 0.360. The molecule has 1 N–H and O–H groups in total. The molecule has 5 nitrogen and oxygen atoms in total. The van der Waals surface area contributed by atoms with Crippen LogP contribution < -0.4 is 10.1 Å². The van der Waals surface area contributed by atoms with Crippen LogP contribution in [0.25, 0.3) is 0 Å². The Kier molecular flexibility index (Phi) is 8.07. The van der Waals surface area contributed by atoms with Gasteiger partial charge >= 0.3 is 5.97 Å². The second kappa shape index (κ2) is 11.2. The van der Waals surface area contributed by atoms with Crippen molar-refractivity contribution in [3.05, 3.63) is 77.4 Å². The average Bonchev–Trinajstić information content (AvgIpc) is 2.79. The molecule has 0 saturated heterocycles. The lowest BCUT2D eigenvalue weighted by Gasteiger charge is -2.16. The molecule has 30 heavy (non-hydrogen) atoms. The van der Waals surface area contributed by atoms with Crippen molar-refractivity contribution < 1.29 is 19.1 Å². The molecule has 2 aromatic carbocycles. The van der Waals surface area contributed by atoms with E-state index in [2.05, 4.69) is 11.4 Å². The molecule has 5 heteroatoms. The average molecular weight is 408 g/mol. The highest BCUT2D eigenvalue weighted by Gasteiger charge is 2.20. The van der Waals surface area contributed by atoms with Crippen LogP contribution in [0.2, 0.25) is 0 Å². The van der Waals surface area contributed by atoms with Crippen molar-refractivity contribution in [3.8, 4) is 5.75 Å². The van der Waals surface area contributed by atoms with Crippen molar-refractivity contribution in [1.29, 1.82) is 0 Å². The number of carbonyl (C=O) groups is 2. The van der Waals surface area contributed by atoms with Gasteiger partial charge in [0.25, 0.3) is 5.91 Å². The van der Waals surface area contributed by atoms with Crippen molar-refractivity contribution in [2.75, 3.05) is 6.54 Å². The van der Waals surface area contributed by atoms with Gasteiger partial charge in [-0.3, -0.25) is 4.79 Å². The number of hydrogen-bond donors (Lipinski definition) is 1. The van der Waals surface area contributed by atoms with E-state index in [1.807, 2.05) is 42.5 Å². The minimum absolute atomic E-state index is 0.241. The van der Waals surface area contributed by atoms with E-state index in [0.29, 0.717) is 17.7 Å². The molecule has 2 aromatic rings. The molecule has 0 aromatic heterocycles. The summed E-state index contributed by atoms with van der Waals surface area (Å²) in [6.07, 6.45) is 6.98.